The molecule has 0 bridgehead atoms. The summed E-state index contributed by atoms with van der Waals surface area (Å²) >= 11 is 5.79. The highest BCUT2D eigenvalue weighted by molar-refractivity contribution is 6.30. The Morgan fingerprint density at radius 1 is 1.41 bits per heavy atom. The smallest absolute Gasteiger partial charge is 0.129 e. The standard InChI is InChI=1S/C14H19ClFN/c1-2-3-9-17-14(7-4-8-14)12-6-5-11(15)10-13(12)16/h5-6,10,17H,2-4,7-9H2,1H3. The topological polar surface area (TPSA) is 12.0 Å². The van der Waals surface area contributed by atoms with Gasteiger partial charge in [0.15, 0.2) is 0 Å². The quantitative estimate of drug-likeness (QED) is 0.776. The lowest BCUT2D eigenvalue weighted by atomic mass is 9.71. The molecule has 0 atom stereocenters. The van der Waals surface area contributed by atoms with Crippen LogP contribution in [0, 0.1) is 5.82 Å². The fraction of sp³-hybridized carbons (Fsp3) is 0.571. The first-order chi connectivity index (χ1) is 8.18. The Hall–Kier alpha value is -0.600. The second-order valence-corrected chi connectivity index (χ2v) is 5.28. The average molecular weight is 256 g/mol. The van der Waals surface area contributed by atoms with Crippen molar-refractivity contribution in [1.29, 1.82) is 0 Å². The van der Waals surface area contributed by atoms with Crippen molar-refractivity contribution in [2.75, 3.05) is 6.54 Å². The van der Waals surface area contributed by atoms with Gasteiger partial charge in [-0.25, -0.2) is 4.39 Å². The van der Waals surface area contributed by atoms with Gasteiger partial charge in [0.05, 0.1) is 0 Å². The SMILES string of the molecule is CCCCNC1(c2ccc(Cl)cc2F)CCC1. The third-order valence-electron chi connectivity index (χ3n) is 3.65. The van der Waals surface area contributed by atoms with Crippen LogP contribution in [0.2, 0.25) is 5.02 Å². The zero-order chi connectivity index (χ0) is 12.3. The maximum atomic E-state index is 14.0. The van der Waals surface area contributed by atoms with Crippen LogP contribution in [0.4, 0.5) is 4.39 Å². The molecule has 0 aromatic heterocycles. The summed E-state index contributed by atoms with van der Waals surface area (Å²) in [5, 5.41) is 3.99. The van der Waals surface area contributed by atoms with E-state index in [-0.39, 0.29) is 11.4 Å². The largest absolute Gasteiger partial charge is 0.307 e. The molecule has 1 aliphatic carbocycles. The molecular formula is C14H19ClFN. The molecule has 0 spiro atoms. The highest BCUT2D eigenvalue weighted by Gasteiger charge is 2.39. The van der Waals surface area contributed by atoms with Gasteiger partial charge in [-0.3, -0.25) is 0 Å². The van der Waals surface area contributed by atoms with Crippen LogP contribution in [0.3, 0.4) is 0 Å². The maximum absolute atomic E-state index is 14.0. The van der Waals surface area contributed by atoms with Crippen LogP contribution in [0.25, 0.3) is 0 Å². The van der Waals surface area contributed by atoms with Crippen LogP contribution in [0.15, 0.2) is 18.2 Å². The summed E-state index contributed by atoms with van der Waals surface area (Å²) in [4.78, 5) is 0. The van der Waals surface area contributed by atoms with Crippen molar-refractivity contribution in [1.82, 2.24) is 5.32 Å². The van der Waals surface area contributed by atoms with Crippen molar-refractivity contribution in [3.05, 3.63) is 34.6 Å². The molecule has 94 valence electrons. The van der Waals surface area contributed by atoms with Gasteiger partial charge in [-0.1, -0.05) is 31.0 Å². The minimum Gasteiger partial charge on any atom is -0.307 e. The fourth-order valence-electron chi connectivity index (χ4n) is 2.45. The number of unbranched alkanes of at least 4 members (excludes halogenated alkanes) is 1. The van der Waals surface area contributed by atoms with Gasteiger partial charge in [0.2, 0.25) is 0 Å². The van der Waals surface area contributed by atoms with Crippen molar-refractivity contribution < 1.29 is 4.39 Å². The molecular weight excluding hydrogens is 237 g/mol. The predicted octanol–water partition coefficient (Wildman–Crippen LogP) is 4.25. The highest BCUT2D eigenvalue weighted by Crippen LogP contribution is 2.42. The van der Waals surface area contributed by atoms with Crippen molar-refractivity contribution in [3.8, 4) is 0 Å². The molecule has 3 heteroatoms. The Kier molecular flexibility index (Phi) is 4.05. The molecule has 0 radical (unpaired) electrons. The van der Waals surface area contributed by atoms with E-state index in [1.54, 1.807) is 6.07 Å². The molecule has 0 heterocycles. The minimum atomic E-state index is -0.179. The van der Waals surface area contributed by atoms with Gasteiger partial charge in [0, 0.05) is 16.1 Å². The van der Waals surface area contributed by atoms with Crippen LogP contribution >= 0.6 is 11.6 Å². The van der Waals surface area contributed by atoms with Crippen LogP contribution in [0.1, 0.15) is 44.6 Å². The molecule has 1 fully saturated rings. The number of benzene rings is 1. The monoisotopic (exact) mass is 255 g/mol. The van der Waals surface area contributed by atoms with Crippen molar-refractivity contribution in [2.45, 2.75) is 44.6 Å². The average Bonchev–Trinajstić information content (AvgIpc) is 2.23. The zero-order valence-electron chi connectivity index (χ0n) is 10.2. The van der Waals surface area contributed by atoms with E-state index in [1.165, 1.54) is 12.5 Å². The lowest BCUT2D eigenvalue weighted by Crippen LogP contribution is -2.49. The van der Waals surface area contributed by atoms with Gasteiger partial charge >= 0.3 is 0 Å². The molecule has 1 aliphatic rings. The van der Waals surface area contributed by atoms with Gasteiger partial charge < -0.3 is 5.32 Å². The van der Waals surface area contributed by atoms with E-state index in [9.17, 15) is 4.39 Å². The highest BCUT2D eigenvalue weighted by atomic mass is 35.5. The molecule has 0 aliphatic heterocycles. The number of nitrogens with one attached hydrogen (secondary N) is 1. The van der Waals surface area contributed by atoms with E-state index < -0.39 is 0 Å². The van der Waals surface area contributed by atoms with Gasteiger partial charge in [-0.2, -0.15) is 0 Å². The maximum Gasteiger partial charge on any atom is 0.129 e. The van der Waals surface area contributed by atoms with Crippen molar-refractivity contribution in [3.63, 3.8) is 0 Å². The summed E-state index contributed by atoms with van der Waals surface area (Å²) in [5.74, 6) is -0.179. The van der Waals surface area contributed by atoms with E-state index >= 15 is 0 Å². The summed E-state index contributed by atoms with van der Waals surface area (Å²) in [6.45, 7) is 3.12. The first-order valence-corrected chi connectivity index (χ1v) is 6.76. The summed E-state index contributed by atoms with van der Waals surface area (Å²) in [6.07, 6.45) is 5.51. The molecule has 0 saturated heterocycles. The first-order valence-electron chi connectivity index (χ1n) is 6.38. The van der Waals surface area contributed by atoms with Crippen LogP contribution in [-0.2, 0) is 5.54 Å². The Balaban J connectivity index is 2.16. The molecule has 0 amide bonds. The molecule has 2 rings (SSSR count). The van der Waals surface area contributed by atoms with Gasteiger partial charge in [0.25, 0.3) is 0 Å². The Morgan fingerprint density at radius 2 is 2.18 bits per heavy atom. The van der Waals surface area contributed by atoms with Gasteiger partial charge in [0.1, 0.15) is 5.82 Å². The molecule has 0 unspecified atom stereocenters. The number of hydrogen-bond acceptors (Lipinski definition) is 1. The molecule has 1 aromatic rings. The van der Waals surface area contributed by atoms with Crippen LogP contribution in [0.5, 0.6) is 0 Å². The van der Waals surface area contributed by atoms with Crippen LogP contribution < -0.4 is 5.32 Å². The van der Waals surface area contributed by atoms with E-state index in [4.69, 9.17) is 11.6 Å². The number of hydrogen-bond donors (Lipinski definition) is 1. The Labute approximate surface area is 107 Å². The summed E-state index contributed by atoms with van der Waals surface area (Å²) in [6, 6.07) is 5.02. The van der Waals surface area contributed by atoms with E-state index in [2.05, 4.69) is 12.2 Å². The third-order valence-corrected chi connectivity index (χ3v) is 3.88. The second kappa shape index (κ2) is 5.36. The summed E-state index contributed by atoms with van der Waals surface area (Å²) < 4.78 is 14.0. The fourth-order valence-corrected chi connectivity index (χ4v) is 2.61. The summed E-state index contributed by atoms with van der Waals surface area (Å²) in [5.41, 5.74) is 0.647. The van der Waals surface area contributed by atoms with Gasteiger partial charge in [-0.15, -0.1) is 0 Å². The van der Waals surface area contributed by atoms with Crippen LogP contribution in [-0.4, -0.2) is 6.54 Å². The Bertz CT molecular complexity index is 388. The summed E-state index contributed by atoms with van der Waals surface area (Å²) in [7, 11) is 0. The zero-order valence-corrected chi connectivity index (χ0v) is 11.0. The first kappa shape index (κ1) is 12.8. The normalized spacial score (nSPS) is 17.8. The Morgan fingerprint density at radius 3 is 2.71 bits per heavy atom. The van der Waals surface area contributed by atoms with E-state index in [0.717, 1.165) is 37.8 Å². The van der Waals surface area contributed by atoms with Crippen molar-refractivity contribution >= 4 is 11.6 Å². The van der Waals surface area contributed by atoms with Gasteiger partial charge in [-0.05, 0) is 44.4 Å². The molecule has 1 aromatic carbocycles. The number of halogens is 2. The predicted molar refractivity (Wildman–Crippen MR) is 69.8 cm³/mol. The van der Waals surface area contributed by atoms with E-state index in [0.29, 0.717) is 5.02 Å². The molecule has 17 heavy (non-hydrogen) atoms. The van der Waals surface area contributed by atoms with E-state index in [1.807, 2.05) is 6.07 Å². The molecule has 1 nitrogen and oxygen atoms in total. The second-order valence-electron chi connectivity index (χ2n) is 4.84. The molecule has 1 N–H and O–H groups in total. The number of rotatable bonds is 5. The van der Waals surface area contributed by atoms with Crippen molar-refractivity contribution in [2.24, 2.45) is 0 Å². The molecule has 1 saturated carbocycles. The lowest BCUT2D eigenvalue weighted by Gasteiger charge is -2.43. The minimum absolute atomic E-state index is 0.135. The lowest BCUT2D eigenvalue weighted by molar-refractivity contribution is 0.179. The third kappa shape index (κ3) is 2.63.